The van der Waals surface area contributed by atoms with Gasteiger partial charge in [-0.25, -0.2) is 0 Å². The van der Waals surface area contributed by atoms with Crippen LogP contribution in [0, 0.1) is 0 Å². The number of carbonyl (C=O) groups excluding carboxylic acids is 4. The fourth-order valence-corrected chi connectivity index (χ4v) is 13.3. The van der Waals surface area contributed by atoms with Gasteiger partial charge >= 0.3 is 0 Å². The molecule has 0 atom stereocenters. The lowest BCUT2D eigenvalue weighted by Gasteiger charge is -2.02. The normalized spacial score (nSPS) is 15.6. The maximum absolute atomic E-state index is 11.4. The van der Waals surface area contributed by atoms with Gasteiger partial charge in [0.2, 0.25) is 0 Å². The Balaban J connectivity index is 1.41. The Bertz CT molecular complexity index is 1460. The van der Waals surface area contributed by atoms with Crippen LogP contribution in [-0.4, -0.2) is 25.1 Å². The second kappa shape index (κ2) is 11.3. The van der Waals surface area contributed by atoms with Crippen LogP contribution in [0.15, 0.2) is 57.0 Å². The van der Waals surface area contributed by atoms with E-state index >= 15 is 0 Å². The number of hydrogen-bond donors (Lipinski definition) is 0. The topological polar surface area (TPSA) is 68.3 Å². The summed E-state index contributed by atoms with van der Waals surface area (Å²) in [5.74, 6) is 0. The van der Waals surface area contributed by atoms with Gasteiger partial charge in [0.05, 0.1) is 28.0 Å². The predicted octanol–water partition coefficient (Wildman–Crippen LogP) is 9.62. The molecule has 0 fully saturated rings. The molecular weight excluding hydrogens is 633 g/mol. The lowest BCUT2D eigenvalue weighted by Crippen LogP contribution is -1.74. The van der Waals surface area contributed by atoms with E-state index in [1.54, 1.807) is 47.0 Å². The Labute approximate surface area is 250 Å². The molecule has 0 saturated heterocycles. The average Bonchev–Trinajstić information content (AvgIpc) is 3.78. The number of rotatable bonds is 8. The van der Waals surface area contributed by atoms with E-state index in [4.69, 9.17) is 0 Å². The second-order valence-electron chi connectivity index (χ2n) is 7.58. The first kappa shape index (κ1) is 26.3. The van der Waals surface area contributed by atoms with Gasteiger partial charge in [-0.1, -0.05) is 47.0 Å². The van der Waals surface area contributed by atoms with Crippen LogP contribution in [0.25, 0.3) is 19.6 Å². The molecule has 0 spiro atoms. The van der Waals surface area contributed by atoms with E-state index in [1.165, 1.54) is 45.3 Å². The van der Waals surface area contributed by atoms with E-state index < -0.39 is 0 Å². The summed E-state index contributed by atoms with van der Waals surface area (Å²) in [5, 5.41) is 0. The number of thioether (sulfide) groups is 4. The lowest BCUT2D eigenvalue weighted by molar-refractivity contribution is 0.111. The van der Waals surface area contributed by atoms with Crippen molar-refractivity contribution < 1.29 is 19.2 Å². The summed E-state index contributed by atoms with van der Waals surface area (Å²) in [6.07, 6.45) is 3.46. The molecule has 0 bridgehead atoms. The molecule has 2 aliphatic rings. The third kappa shape index (κ3) is 5.04. The standard InChI is InChI=1S/C26H12O4S8/c27-9-13-1-5-17(31-13)21-22(18-6-2-14(10-28)32-18)36-25(35-21)26-37-23(19-7-3-15(11-29)33-19)24(38-26)20-8-4-16(12-30)34-20/h1-12H. The Kier molecular flexibility index (Phi) is 7.83. The molecule has 0 saturated carbocycles. The van der Waals surface area contributed by atoms with Gasteiger partial charge in [-0.05, 0) is 48.5 Å². The summed E-state index contributed by atoms with van der Waals surface area (Å²) in [6.45, 7) is 0. The fourth-order valence-electron chi connectivity index (χ4n) is 3.57. The van der Waals surface area contributed by atoms with Crippen LogP contribution in [0.1, 0.15) is 58.2 Å². The zero-order valence-electron chi connectivity index (χ0n) is 18.8. The van der Waals surface area contributed by atoms with Crippen LogP contribution in [0.5, 0.6) is 0 Å². The highest BCUT2D eigenvalue weighted by Crippen LogP contribution is 2.67. The lowest BCUT2D eigenvalue weighted by atomic mass is 10.3. The molecular formula is C26H12O4S8. The van der Waals surface area contributed by atoms with Crippen molar-refractivity contribution in [3.05, 3.63) is 96.0 Å². The van der Waals surface area contributed by atoms with Gasteiger partial charge in [0.15, 0.2) is 25.1 Å². The van der Waals surface area contributed by atoms with Gasteiger partial charge in [0.25, 0.3) is 0 Å². The van der Waals surface area contributed by atoms with Gasteiger partial charge in [-0.3, -0.25) is 19.2 Å². The fraction of sp³-hybridized carbons (Fsp3) is 0. The number of aldehydes is 4. The molecule has 2 aliphatic heterocycles. The number of hydrogen-bond acceptors (Lipinski definition) is 12. The molecule has 0 aromatic carbocycles. The first-order valence-corrected chi connectivity index (χ1v) is 17.3. The van der Waals surface area contributed by atoms with E-state index in [1.807, 2.05) is 48.5 Å². The minimum Gasteiger partial charge on any atom is -0.297 e. The summed E-state index contributed by atoms with van der Waals surface area (Å²) in [6, 6.07) is 15.2. The van der Waals surface area contributed by atoms with E-state index in [0.717, 1.165) is 72.7 Å². The Hall–Kier alpha value is -1.90. The molecule has 0 unspecified atom stereocenters. The van der Waals surface area contributed by atoms with Crippen molar-refractivity contribution in [2.24, 2.45) is 0 Å². The van der Waals surface area contributed by atoms with Gasteiger partial charge in [0.1, 0.15) is 0 Å². The number of carbonyl (C=O) groups is 4. The van der Waals surface area contributed by atoms with Crippen molar-refractivity contribution in [2.75, 3.05) is 0 Å². The summed E-state index contributed by atoms with van der Waals surface area (Å²) in [5.41, 5.74) is 0. The van der Waals surface area contributed by atoms with Gasteiger partial charge in [0, 0.05) is 39.1 Å². The molecule has 4 nitrogen and oxygen atoms in total. The maximum atomic E-state index is 11.4. The molecule has 0 N–H and O–H groups in total. The first-order valence-electron chi connectivity index (χ1n) is 10.8. The van der Waals surface area contributed by atoms with Crippen LogP contribution in [-0.2, 0) is 0 Å². The summed E-state index contributed by atoms with van der Waals surface area (Å²) in [7, 11) is 0. The summed E-state index contributed by atoms with van der Waals surface area (Å²) >= 11 is 12.5. The summed E-state index contributed by atoms with van der Waals surface area (Å²) < 4.78 is 2.25. The van der Waals surface area contributed by atoms with Crippen LogP contribution >= 0.6 is 92.4 Å². The van der Waals surface area contributed by atoms with Crippen LogP contribution in [0.2, 0.25) is 0 Å². The monoisotopic (exact) mass is 644 g/mol. The SMILES string of the molecule is O=Cc1ccc(C2=C(c3ccc(C=O)s3)SC(=C3SC(c4ccc(C=O)s4)=C(c4ccc(C=O)s4)S3)S2)s1. The van der Waals surface area contributed by atoms with Crippen LogP contribution in [0.4, 0.5) is 0 Å². The van der Waals surface area contributed by atoms with E-state index in [9.17, 15) is 19.2 Å². The second-order valence-corrected chi connectivity index (χ2v) is 16.6. The Morgan fingerprint density at radius 3 is 0.789 bits per heavy atom. The quantitative estimate of drug-likeness (QED) is 0.176. The molecule has 38 heavy (non-hydrogen) atoms. The van der Waals surface area contributed by atoms with E-state index in [0.29, 0.717) is 19.5 Å². The molecule has 4 aromatic rings. The third-order valence-electron chi connectivity index (χ3n) is 5.23. The Morgan fingerprint density at radius 1 is 0.368 bits per heavy atom. The first-order chi connectivity index (χ1) is 18.6. The predicted molar refractivity (Wildman–Crippen MR) is 170 cm³/mol. The van der Waals surface area contributed by atoms with Crippen molar-refractivity contribution in [2.45, 2.75) is 0 Å². The maximum Gasteiger partial charge on any atom is 0.160 e. The minimum atomic E-state index is 0.668. The molecule has 6 rings (SSSR count). The van der Waals surface area contributed by atoms with Crippen molar-refractivity contribution in [1.29, 1.82) is 0 Å². The zero-order valence-corrected chi connectivity index (χ0v) is 25.4. The smallest absolute Gasteiger partial charge is 0.160 e. The van der Waals surface area contributed by atoms with Crippen molar-refractivity contribution in [3.63, 3.8) is 0 Å². The molecule has 0 amide bonds. The van der Waals surface area contributed by atoms with Gasteiger partial charge in [-0.2, -0.15) is 0 Å². The average molecular weight is 645 g/mol. The summed E-state index contributed by atoms with van der Waals surface area (Å²) in [4.78, 5) is 56.5. The van der Waals surface area contributed by atoms with Crippen molar-refractivity contribution in [3.8, 4) is 0 Å². The molecule has 0 aliphatic carbocycles. The molecule has 0 radical (unpaired) electrons. The molecule has 6 heterocycles. The highest BCUT2D eigenvalue weighted by Gasteiger charge is 2.33. The molecule has 4 aromatic heterocycles. The van der Waals surface area contributed by atoms with Gasteiger partial charge in [-0.15, -0.1) is 45.3 Å². The van der Waals surface area contributed by atoms with Crippen LogP contribution in [0.3, 0.4) is 0 Å². The highest BCUT2D eigenvalue weighted by molar-refractivity contribution is 8.40. The molecule has 12 heteroatoms. The highest BCUT2D eigenvalue weighted by atomic mass is 32.2. The van der Waals surface area contributed by atoms with Crippen LogP contribution < -0.4 is 0 Å². The zero-order chi connectivity index (χ0) is 26.2. The number of thiophene rings is 4. The third-order valence-corrected chi connectivity index (χ3v) is 15.7. The largest absolute Gasteiger partial charge is 0.297 e. The minimum absolute atomic E-state index is 0.668. The molecule has 188 valence electrons. The van der Waals surface area contributed by atoms with E-state index in [-0.39, 0.29) is 0 Å². The van der Waals surface area contributed by atoms with E-state index in [2.05, 4.69) is 0 Å². The van der Waals surface area contributed by atoms with Gasteiger partial charge < -0.3 is 0 Å². The van der Waals surface area contributed by atoms with Crippen molar-refractivity contribution >= 4 is 137 Å². The van der Waals surface area contributed by atoms with Crippen molar-refractivity contribution in [1.82, 2.24) is 0 Å². The Morgan fingerprint density at radius 2 is 0.605 bits per heavy atom.